The van der Waals surface area contributed by atoms with Crippen molar-refractivity contribution >= 4 is 0 Å². The zero-order valence-electron chi connectivity index (χ0n) is 11.1. The van der Waals surface area contributed by atoms with Gasteiger partial charge in [-0.15, -0.1) is 0 Å². The van der Waals surface area contributed by atoms with E-state index in [1.54, 1.807) is 19.4 Å². The van der Waals surface area contributed by atoms with Crippen LogP contribution in [0.1, 0.15) is 24.2 Å². The van der Waals surface area contributed by atoms with E-state index >= 15 is 0 Å². The molecule has 3 nitrogen and oxygen atoms in total. The van der Waals surface area contributed by atoms with Gasteiger partial charge in [-0.25, -0.2) is 4.39 Å². The Bertz CT molecular complexity index is 531. The topological polar surface area (TPSA) is 34.2 Å². The van der Waals surface area contributed by atoms with Crippen LogP contribution in [0.4, 0.5) is 4.39 Å². The highest BCUT2D eigenvalue weighted by Crippen LogP contribution is 2.29. The lowest BCUT2D eigenvalue weighted by Gasteiger charge is -2.20. The molecule has 0 fully saturated rings. The molecule has 0 spiro atoms. The van der Waals surface area contributed by atoms with Crippen LogP contribution in [0.25, 0.3) is 0 Å². The van der Waals surface area contributed by atoms with Crippen molar-refractivity contribution in [3.8, 4) is 5.75 Å². The molecule has 1 N–H and O–H groups in total. The lowest BCUT2D eigenvalue weighted by atomic mass is 10.0. The van der Waals surface area contributed by atoms with Gasteiger partial charge in [0.2, 0.25) is 0 Å². The third kappa shape index (κ3) is 3.09. The Balaban J connectivity index is 2.47. The van der Waals surface area contributed by atoms with Gasteiger partial charge < -0.3 is 10.1 Å². The van der Waals surface area contributed by atoms with Gasteiger partial charge in [0.25, 0.3) is 0 Å². The lowest BCUT2D eigenvalue weighted by Crippen LogP contribution is -2.23. The van der Waals surface area contributed by atoms with Gasteiger partial charge in [0, 0.05) is 11.8 Å². The first-order chi connectivity index (χ1) is 9.26. The van der Waals surface area contributed by atoms with E-state index in [0.29, 0.717) is 5.75 Å². The second-order valence-electron chi connectivity index (χ2n) is 4.13. The van der Waals surface area contributed by atoms with E-state index < -0.39 is 0 Å². The lowest BCUT2D eigenvalue weighted by molar-refractivity contribution is 0.402. The van der Waals surface area contributed by atoms with Crippen LogP contribution in [0.5, 0.6) is 5.75 Å². The van der Waals surface area contributed by atoms with E-state index in [-0.39, 0.29) is 11.9 Å². The number of halogens is 1. The van der Waals surface area contributed by atoms with Crippen LogP contribution in [0.15, 0.2) is 42.6 Å². The summed E-state index contributed by atoms with van der Waals surface area (Å²) < 4.78 is 18.8. The standard InChI is InChI=1S/C15H17FN2O/c1-3-17-15(13-6-4-5-9-18-13)12-10-11(16)7-8-14(12)19-2/h4-10,15,17H,3H2,1-2H3. The summed E-state index contributed by atoms with van der Waals surface area (Å²) in [5, 5.41) is 3.31. The first kappa shape index (κ1) is 13.5. The smallest absolute Gasteiger partial charge is 0.124 e. The summed E-state index contributed by atoms with van der Waals surface area (Å²) in [5.41, 5.74) is 1.59. The van der Waals surface area contributed by atoms with Gasteiger partial charge in [0.15, 0.2) is 0 Å². The third-order valence-corrected chi connectivity index (χ3v) is 2.89. The Kier molecular flexibility index (Phi) is 4.47. The number of nitrogens with one attached hydrogen (secondary N) is 1. The largest absolute Gasteiger partial charge is 0.496 e. The first-order valence-electron chi connectivity index (χ1n) is 6.24. The summed E-state index contributed by atoms with van der Waals surface area (Å²) in [6.07, 6.45) is 1.73. The number of benzene rings is 1. The first-order valence-corrected chi connectivity index (χ1v) is 6.24. The van der Waals surface area contributed by atoms with Crippen molar-refractivity contribution in [1.82, 2.24) is 10.3 Å². The van der Waals surface area contributed by atoms with Gasteiger partial charge in [0.1, 0.15) is 11.6 Å². The van der Waals surface area contributed by atoms with Crippen LogP contribution in [0.2, 0.25) is 0 Å². The molecule has 0 saturated carbocycles. The van der Waals surface area contributed by atoms with E-state index in [2.05, 4.69) is 10.3 Å². The highest BCUT2D eigenvalue weighted by atomic mass is 19.1. The average molecular weight is 260 g/mol. The van der Waals surface area contributed by atoms with Crippen LogP contribution in [-0.2, 0) is 0 Å². The van der Waals surface area contributed by atoms with Gasteiger partial charge in [-0.1, -0.05) is 13.0 Å². The van der Waals surface area contributed by atoms with Crippen molar-refractivity contribution in [2.75, 3.05) is 13.7 Å². The highest BCUT2D eigenvalue weighted by molar-refractivity contribution is 5.40. The molecule has 1 aromatic carbocycles. The van der Waals surface area contributed by atoms with Gasteiger partial charge in [-0.05, 0) is 36.9 Å². The molecule has 1 unspecified atom stereocenters. The van der Waals surface area contributed by atoms with Crippen LogP contribution >= 0.6 is 0 Å². The number of ether oxygens (including phenoxy) is 1. The number of nitrogens with zero attached hydrogens (tertiary/aromatic N) is 1. The van der Waals surface area contributed by atoms with Crippen molar-refractivity contribution < 1.29 is 9.13 Å². The van der Waals surface area contributed by atoms with Crippen molar-refractivity contribution in [3.05, 3.63) is 59.7 Å². The molecule has 1 aromatic heterocycles. The molecular formula is C15H17FN2O. The molecule has 2 aromatic rings. The van der Waals surface area contributed by atoms with Gasteiger partial charge in [-0.2, -0.15) is 0 Å². The monoisotopic (exact) mass is 260 g/mol. The van der Waals surface area contributed by atoms with E-state index in [0.717, 1.165) is 17.8 Å². The molecule has 0 bridgehead atoms. The molecule has 0 amide bonds. The maximum Gasteiger partial charge on any atom is 0.124 e. The van der Waals surface area contributed by atoms with E-state index in [4.69, 9.17) is 4.74 Å². The predicted molar refractivity (Wildman–Crippen MR) is 72.7 cm³/mol. The summed E-state index contributed by atoms with van der Waals surface area (Å²) in [7, 11) is 1.58. The number of aromatic nitrogens is 1. The highest BCUT2D eigenvalue weighted by Gasteiger charge is 2.19. The molecule has 1 heterocycles. The molecule has 4 heteroatoms. The SMILES string of the molecule is CCNC(c1ccccn1)c1cc(F)ccc1OC. The second kappa shape index (κ2) is 6.29. The average Bonchev–Trinajstić information content (AvgIpc) is 2.45. The minimum absolute atomic E-state index is 0.183. The molecule has 100 valence electrons. The zero-order valence-corrected chi connectivity index (χ0v) is 11.1. The number of rotatable bonds is 5. The normalized spacial score (nSPS) is 12.2. The summed E-state index contributed by atoms with van der Waals surface area (Å²) >= 11 is 0. The number of methoxy groups -OCH3 is 1. The fourth-order valence-electron chi connectivity index (χ4n) is 2.06. The van der Waals surface area contributed by atoms with Gasteiger partial charge in [-0.3, -0.25) is 4.98 Å². The molecule has 2 rings (SSSR count). The van der Waals surface area contributed by atoms with Crippen LogP contribution in [-0.4, -0.2) is 18.6 Å². The molecule has 0 radical (unpaired) electrons. The van der Waals surface area contributed by atoms with Crippen LogP contribution < -0.4 is 10.1 Å². The Morgan fingerprint density at radius 2 is 2.16 bits per heavy atom. The van der Waals surface area contributed by atoms with Crippen molar-refractivity contribution in [3.63, 3.8) is 0 Å². The fourth-order valence-corrected chi connectivity index (χ4v) is 2.06. The molecular weight excluding hydrogens is 243 g/mol. The van der Waals surface area contributed by atoms with Crippen LogP contribution in [0, 0.1) is 5.82 Å². The Morgan fingerprint density at radius 3 is 2.79 bits per heavy atom. The minimum atomic E-state index is -0.283. The van der Waals surface area contributed by atoms with Crippen molar-refractivity contribution in [2.24, 2.45) is 0 Å². The molecule has 0 saturated heterocycles. The van der Waals surface area contributed by atoms with E-state index in [1.807, 2.05) is 25.1 Å². The van der Waals surface area contributed by atoms with E-state index in [1.165, 1.54) is 12.1 Å². The summed E-state index contributed by atoms with van der Waals surface area (Å²) in [4.78, 5) is 4.34. The maximum atomic E-state index is 13.5. The Hall–Kier alpha value is -1.94. The fraction of sp³-hybridized carbons (Fsp3) is 0.267. The van der Waals surface area contributed by atoms with Gasteiger partial charge in [0.05, 0.1) is 18.8 Å². The molecule has 0 aliphatic heterocycles. The zero-order chi connectivity index (χ0) is 13.7. The summed E-state index contributed by atoms with van der Waals surface area (Å²) in [6.45, 7) is 2.75. The minimum Gasteiger partial charge on any atom is -0.496 e. The molecule has 0 aliphatic carbocycles. The Morgan fingerprint density at radius 1 is 1.32 bits per heavy atom. The summed E-state index contributed by atoms with van der Waals surface area (Å²) in [5.74, 6) is 0.368. The van der Waals surface area contributed by atoms with Gasteiger partial charge >= 0.3 is 0 Å². The molecule has 19 heavy (non-hydrogen) atoms. The summed E-state index contributed by atoms with van der Waals surface area (Å²) in [6, 6.07) is 10.0. The van der Waals surface area contributed by atoms with E-state index in [9.17, 15) is 4.39 Å². The Labute approximate surface area is 112 Å². The number of hydrogen-bond acceptors (Lipinski definition) is 3. The van der Waals surface area contributed by atoms with Crippen molar-refractivity contribution in [2.45, 2.75) is 13.0 Å². The van der Waals surface area contributed by atoms with Crippen molar-refractivity contribution in [1.29, 1.82) is 0 Å². The predicted octanol–water partition coefficient (Wildman–Crippen LogP) is 2.93. The molecule has 1 atom stereocenters. The quantitative estimate of drug-likeness (QED) is 0.897. The maximum absolute atomic E-state index is 13.5. The van der Waals surface area contributed by atoms with Crippen LogP contribution in [0.3, 0.4) is 0 Å². The third-order valence-electron chi connectivity index (χ3n) is 2.89. The number of hydrogen-bond donors (Lipinski definition) is 1. The molecule has 0 aliphatic rings. The number of pyridine rings is 1. The second-order valence-corrected chi connectivity index (χ2v) is 4.13.